The van der Waals surface area contributed by atoms with Crippen LogP contribution in [0.3, 0.4) is 0 Å². The van der Waals surface area contributed by atoms with Gasteiger partial charge in [-0.1, -0.05) is 47.1 Å². The largest absolute Gasteiger partial charge is 0.436 e. The summed E-state index contributed by atoms with van der Waals surface area (Å²) >= 11 is 3.45. The fourth-order valence-corrected chi connectivity index (χ4v) is 2.77. The van der Waals surface area contributed by atoms with Crippen LogP contribution in [0.25, 0.3) is 22.8 Å². The summed E-state index contributed by atoms with van der Waals surface area (Å²) in [5.41, 5.74) is 2.18. The van der Waals surface area contributed by atoms with Gasteiger partial charge in [0.2, 0.25) is 5.89 Å². The molecule has 1 heterocycles. The van der Waals surface area contributed by atoms with Crippen LogP contribution in [-0.2, 0) is 0 Å². The molecule has 4 nitrogen and oxygen atoms in total. The number of aromatic nitrogens is 1. The lowest BCUT2D eigenvalue weighted by molar-refractivity contribution is 0.0954. The van der Waals surface area contributed by atoms with E-state index in [0.717, 1.165) is 16.5 Å². The summed E-state index contributed by atoms with van der Waals surface area (Å²) in [7, 11) is 0. The third-order valence-corrected chi connectivity index (χ3v) is 4.05. The number of rotatable bonds is 5. The molecule has 1 N–H and O–H groups in total. The van der Waals surface area contributed by atoms with Crippen LogP contribution in [0.2, 0.25) is 0 Å². The van der Waals surface area contributed by atoms with Crippen LogP contribution in [0, 0.1) is 0 Å². The van der Waals surface area contributed by atoms with Crippen LogP contribution >= 0.6 is 15.9 Å². The van der Waals surface area contributed by atoms with Crippen molar-refractivity contribution in [1.82, 2.24) is 10.3 Å². The number of amides is 1. The van der Waals surface area contributed by atoms with E-state index in [0.29, 0.717) is 29.3 Å². The molecule has 0 aliphatic carbocycles. The number of carbonyl (C=O) groups is 1. The molecule has 0 unspecified atom stereocenters. The summed E-state index contributed by atoms with van der Waals surface area (Å²) in [5.74, 6) is 0.983. The van der Waals surface area contributed by atoms with E-state index in [-0.39, 0.29) is 5.91 Å². The number of oxazole rings is 1. The lowest BCUT2D eigenvalue weighted by Gasteiger charge is -2.07. The topological polar surface area (TPSA) is 55.1 Å². The first-order valence-electron chi connectivity index (χ1n) is 7.78. The summed E-state index contributed by atoms with van der Waals surface area (Å²) in [4.78, 5) is 16.7. The Hall–Kier alpha value is -2.40. The van der Waals surface area contributed by atoms with E-state index in [1.54, 1.807) is 12.3 Å². The Morgan fingerprint density at radius 2 is 2.04 bits per heavy atom. The van der Waals surface area contributed by atoms with Crippen molar-refractivity contribution in [2.45, 2.75) is 13.3 Å². The van der Waals surface area contributed by atoms with Crippen molar-refractivity contribution in [3.05, 3.63) is 64.8 Å². The molecule has 0 saturated carbocycles. The fraction of sp³-hybridized carbons (Fsp3) is 0.158. The molecule has 1 aromatic heterocycles. The molecule has 122 valence electrons. The number of nitrogens with one attached hydrogen (secondary N) is 1. The van der Waals surface area contributed by atoms with E-state index in [1.165, 1.54) is 0 Å². The van der Waals surface area contributed by atoms with Crippen molar-refractivity contribution in [2.24, 2.45) is 0 Å². The Balaban J connectivity index is 1.95. The lowest BCUT2D eigenvalue weighted by atomic mass is 10.1. The molecule has 0 fully saturated rings. The van der Waals surface area contributed by atoms with Gasteiger partial charge in [0, 0.05) is 22.1 Å². The summed E-state index contributed by atoms with van der Waals surface area (Å²) in [6.07, 6.45) is 2.57. The highest BCUT2D eigenvalue weighted by Crippen LogP contribution is 2.29. The highest BCUT2D eigenvalue weighted by molar-refractivity contribution is 9.10. The number of benzene rings is 2. The van der Waals surface area contributed by atoms with Gasteiger partial charge in [-0.05, 0) is 30.7 Å². The maximum atomic E-state index is 12.3. The van der Waals surface area contributed by atoms with Gasteiger partial charge in [0.05, 0.1) is 11.8 Å². The van der Waals surface area contributed by atoms with Crippen molar-refractivity contribution in [3.63, 3.8) is 0 Å². The molecule has 0 atom stereocenters. The van der Waals surface area contributed by atoms with Crippen LogP contribution < -0.4 is 5.32 Å². The standard InChI is InChI=1S/C19H17BrN2O2/c1-2-10-21-18(23)15-8-3-4-9-16(15)19-22-12-17(24-19)13-6-5-7-14(20)11-13/h3-9,11-12H,2,10H2,1H3,(H,21,23). The summed E-state index contributed by atoms with van der Waals surface area (Å²) in [6.45, 7) is 2.66. The zero-order valence-electron chi connectivity index (χ0n) is 13.3. The molecule has 0 bridgehead atoms. The van der Waals surface area contributed by atoms with E-state index < -0.39 is 0 Å². The van der Waals surface area contributed by atoms with Gasteiger partial charge in [-0.3, -0.25) is 4.79 Å². The third-order valence-electron chi connectivity index (χ3n) is 3.55. The summed E-state index contributed by atoms with van der Waals surface area (Å²) < 4.78 is 6.86. The van der Waals surface area contributed by atoms with Gasteiger partial charge in [0.25, 0.3) is 5.91 Å². The number of carbonyl (C=O) groups excluding carboxylic acids is 1. The molecule has 1 amide bonds. The maximum absolute atomic E-state index is 12.3. The first-order chi connectivity index (χ1) is 11.7. The van der Waals surface area contributed by atoms with Crippen LogP contribution in [0.1, 0.15) is 23.7 Å². The Morgan fingerprint density at radius 3 is 2.83 bits per heavy atom. The van der Waals surface area contributed by atoms with E-state index in [2.05, 4.69) is 26.2 Å². The molecule has 0 spiro atoms. The minimum absolute atomic E-state index is 0.116. The molecule has 0 saturated heterocycles. The molecule has 5 heteroatoms. The van der Waals surface area contributed by atoms with E-state index >= 15 is 0 Å². The Morgan fingerprint density at radius 1 is 1.21 bits per heavy atom. The zero-order valence-corrected chi connectivity index (χ0v) is 14.8. The second-order valence-electron chi connectivity index (χ2n) is 5.34. The molecule has 0 radical (unpaired) electrons. The number of halogens is 1. The lowest BCUT2D eigenvalue weighted by Crippen LogP contribution is -2.24. The fourth-order valence-electron chi connectivity index (χ4n) is 2.38. The predicted molar refractivity (Wildman–Crippen MR) is 97.7 cm³/mol. The van der Waals surface area contributed by atoms with Gasteiger partial charge < -0.3 is 9.73 Å². The van der Waals surface area contributed by atoms with Gasteiger partial charge in [-0.15, -0.1) is 0 Å². The second-order valence-corrected chi connectivity index (χ2v) is 6.26. The highest BCUT2D eigenvalue weighted by atomic mass is 79.9. The number of hydrogen-bond acceptors (Lipinski definition) is 3. The van der Waals surface area contributed by atoms with Crippen LogP contribution in [-0.4, -0.2) is 17.4 Å². The van der Waals surface area contributed by atoms with Crippen molar-refractivity contribution < 1.29 is 9.21 Å². The number of nitrogens with zero attached hydrogens (tertiary/aromatic N) is 1. The zero-order chi connectivity index (χ0) is 16.9. The Kier molecular flexibility index (Phi) is 5.11. The summed E-state index contributed by atoms with van der Waals surface area (Å²) in [5, 5.41) is 2.89. The third kappa shape index (κ3) is 3.57. The molecule has 2 aromatic carbocycles. The summed E-state index contributed by atoms with van der Waals surface area (Å²) in [6, 6.07) is 15.1. The van der Waals surface area contributed by atoms with Gasteiger partial charge in [-0.25, -0.2) is 4.98 Å². The van der Waals surface area contributed by atoms with Gasteiger partial charge in [0.15, 0.2) is 5.76 Å². The SMILES string of the molecule is CCCNC(=O)c1ccccc1-c1ncc(-c2cccc(Br)c2)o1. The molecule has 24 heavy (non-hydrogen) atoms. The Bertz CT molecular complexity index is 858. The monoisotopic (exact) mass is 384 g/mol. The van der Waals surface area contributed by atoms with Crippen LogP contribution in [0.4, 0.5) is 0 Å². The van der Waals surface area contributed by atoms with Crippen molar-refractivity contribution in [3.8, 4) is 22.8 Å². The van der Waals surface area contributed by atoms with E-state index in [9.17, 15) is 4.79 Å². The normalized spacial score (nSPS) is 10.6. The average molecular weight is 385 g/mol. The predicted octanol–water partition coefficient (Wildman–Crippen LogP) is 4.91. The van der Waals surface area contributed by atoms with Gasteiger partial charge in [-0.2, -0.15) is 0 Å². The van der Waals surface area contributed by atoms with Crippen molar-refractivity contribution >= 4 is 21.8 Å². The molecular formula is C19H17BrN2O2. The smallest absolute Gasteiger partial charge is 0.252 e. The highest BCUT2D eigenvalue weighted by Gasteiger charge is 2.16. The quantitative estimate of drug-likeness (QED) is 0.679. The second kappa shape index (κ2) is 7.45. The first kappa shape index (κ1) is 16.5. The van der Waals surface area contributed by atoms with E-state index in [4.69, 9.17) is 4.42 Å². The molecular weight excluding hydrogens is 368 g/mol. The van der Waals surface area contributed by atoms with Crippen molar-refractivity contribution in [2.75, 3.05) is 6.54 Å². The van der Waals surface area contributed by atoms with Crippen molar-refractivity contribution in [1.29, 1.82) is 0 Å². The molecule has 0 aliphatic rings. The van der Waals surface area contributed by atoms with Gasteiger partial charge >= 0.3 is 0 Å². The van der Waals surface area contributed by atoms with Crippen LogP contribution in [0.15, 0.2) is 63.6 Å². The molecule has 3 rings (SSSR count). The van der Waals surface area contributed by atoms with Crippen LogP contribution in [0.5, 0.6) is 0 Å². The molecule has 0 aliphatic heterocycles. The first-order valence-corrected chi connectivity index (χ1v) is 8.57. The maximum Gasteiger partial charge on any atom is 0.252 e. The van der Waals surface area contributed by atoms with E-state index in [1.807, 2.05) is 49.4 Å². The average Bonchev–Trinajstić information content (AvgIpc) is 3.09. The Labute approximate surface area is 149 Å². The minimum Gasteiger partial charge on any atom is -0.436 e. The van der Waals surface area contributed by atoms with Gasteiger partial charge in [0.1, 0.15) is 0 Å². The minimum atomic E-state index is -0.116. The number of hydrogen-bond donors (Lipinski definition) is 1. The molecule has 3 aromatic rings.